The van der Waals surface area contributed by atoms with Crippen molar-refractivity contribution in [2.75, 3.05) is 33.0 Å². The van der Waals surface area contributed by atoms with Gasteiger partial charge in [0.2, 0.25) is 11.8 Å². The molecular formula is C21H31NO8Si. The van der Waals surface area contributed by atoms with Crippen molar-refractivity contribution >= 4 is 26.6 Å². The Morgan fingerprint density at radius 1 is 1.16 bits per heavy atom. The molecule has 2 saturated heterocycles. The molecule has 0 aromatic rings. The molecule has 0 N–H and O–H groups in total. The molecule has 0 aromatic heterocycles. The topological polar surface area (TPSA) is 101 Å². The second-order valence-corrected chi connectivity index (χ2v) is 10.5. The van der Waals surface area contributed by atoms with Crippen LogP contribution in [0.4, 0.5) is 0 Å². The molecule has 3 aliphatic heterocycles. The first-order valence-corrected chi connectivity index (χ1v) is 12.6. The lowest BCUT2D eigenvalue weighted by Crippen LogP contribution is -2.50. The maximum absolute atomic E-state index is 13.3. The maximum atomic E-state index is 13.3. The molecule has 2 amide bonds. The van der Waals surface area contributed by atoms with E-state index in [0.29, 0.717) is 25.9 Å². The van der Waals surface area contributed by atoms with Crippen molar-refractivity contribution in [3.8, 4) is 0 Å². The molecule has 3 aliphatic rings. The van der Waals surface area contributed by atoms with Gasteiger partial charge >= 0.3 is 14.8 Å². The normalized spacial score (nSPS) is 29.0. The number of esters is 1. The van der Waals surface area contributed by atoms with Crippen LogP contribution in [0.15, 0.2) is 24.3 Å². The Hall–Kier alpha value is -1.85. The number of nitrogens with zero attached hydrogens (tertiary/aromatic N) is 1. The standard InChI is InChI=1S/C21H31NO8Si/c1-6-27-31(28-7-2,29-8-3)12-11-22-18(23)16-15-9-10-21(30-15,17(16)19(22)24)13-26-20(25)14(4)5/h9-10,15-17H,4,6-8,11-13H2,1-3,5H3. The van der Waals surface area contributed by atoms with Crippen molar-refractivity contribution in [2.45, 2.75) is 45.4 Å². The summed E-state index contributed by atoms with van der Waals surface area (Å²) in [4.78, 5) is 39.5. The summed E-state index contributed by atoms with van der Waals surface area (Å²) < 4.78 is 28.8. The van der Waals surface area contributed by atoms with Gasteiger partial charge in [-0.1, -0.05) is 12.7 Å². The van der Waals surface area contributed by atoms with Crippen LogP contribution in [0.1, 0.15) is 27.7 Å². The van der Waals surface area contributed by atoms with E-state index in [1.807, 2.05) is 20.8 Å². The van der Waals surface area contributed by atoms with E-state index in [9.17, 15) is 14.4 Å². The van der Waals surface area contributed by atoms with E-state index in [0.717, 1.165) is 0 Å². The highest BCUT2D eigenvalue weighted by Gasteiger charge is 2.68. The lowest BCUT2D eigenvalue weighted by Gasteiger charge is -2.31. The molecule has 10 heteroatoms. The second-order valence-electron chi connectivity index (χ2n) is 7.82. The lowest BCUT2D eigenvalue weighted by atomic mass is 9.77. The second kappa shape index (κ2) is 9.33. The van der Waals surface area contributed by atoms with Crippen LogP contribution >= 0.6 is 0 Å². The molecule has 9 nitrogen and oxygen atoms in total. The number of ether oxygens (including phenoxy) is 2. The van der Waals surface area contributed by atoms with Gasteiger partial charge in [0.05, 0.1) is 17.9 Å². The van der Waals surface area contributed by atoms with Crippen LogP contribution < -0.4 is 0 Å². The first-order valence-electron chi connectivity index (χ1n) is 10.7. The summed E-state index contributed by atoms with van der Waals surface area (Å²) in [6, 6.07) is 0.316. The zero-order chi connectivity index (χ0) is 22.8. The molecule has 3 heterocycles. The number of likely N-dealkylation sites (tertiary alicyclic amines) is 1. The molecule has 0 aromatic carbocycles. The Labute approximate surface area is 183 Å². The quantitative estimate of drug-likeness (QED) is 0.144. The smallest absolute Gasteiger partial charge is 0.459 e. The van der Waals surface area contributed by atoms with E-state index in [4.69, 9.17) is 22.8 Å². The summed E-state index contributed by atoms with van der Waals surface area (Å²) in [5.74, 6) is -2.53. The van der Waals surface area contributed by atoms with Gasteiger partial charge in [-0.15, -0.1) is 0 Å². The van der Waals surface area contributed by atoms with Gasteiger partial charge in [-0.25, -0.2) is 4.79 Å². The molecule has 31 heavy (non-hydrogen) atoms. The fourth-order valence-corrected chi connectivity index (χ4v) is 7.00. The fraction of sp³-hybridized carbons (Fsp3) is 0.667. The third-order valence-electron chi connectivity index (χ3n) is 5.76. The third kappa shape index (κ3) is 4.27. The van der Waals surface area contributed by atoms with Crippen molar-refractivity contribution in [3.63, 3.8) is 0 Å². The van der Waals surface area contributed by atoms with Gasteiger partial charge in [0, 0.05) is 38.0 Å². The van der Waals surface area contributed by atoms with Gasteiger partial charge in [0.15, 0.2) is 0 Å². The minimum absolute atomic E-state index is 0.144. The zero-order valence-electron chi connectivity index (χ0n) is 18.5. The molecular weight excluding hydrogens is 422 g/mol. The van der Waals surface area contributed by atoms with Gasteiger partial charge in [0.1, 0.15) is 12.2 Å². The van der Waals surface area contributed by atoms with Gasteiger partial charge in [0.25, 0.3) is 0 Å². The van der Waals surface area contributed by atoms with Crippen LogP contribution in [-0.4, -0.2) is 76.2 Å². The van der Waals surface area contributed by atoms with Crippen LogP contribution in [0.25, 0.3) is 0 Å². The number of imide groups is 1. The van der Waals surface area contributed by atoms with E-state index < -0.39 is 38.3 Å². The minimum atomic E-state index is -3.01. The van der Waals surface area contributed by atoms with E-state index in [2.05, 4.69) is 6.58 Å². The maximum Gasteiger partial charge on any atom is 0.502 e. The Balaban J connectivity index is 1.75. The van der Waals surface area contributed by atoms with Crippen LogP contribution in [0.2, 0.25) is 6.04 Å². The molecule has 3 rings (SSSR count). The highest BCUT2D eigenvalue weighted by Crippen LogP contribution is 2.52. The van der Waals surface area contributed by atoms with E-state index in [-0.39, 0.29) is 30.5 Å². The number of rotatable bonds is 12. The molecule has 0 aliphatic carbocycles. The number of amides is 2. The Morgan fingerprint density at radius 3 is 2.32 bits per heavy atom. The first kappa shape index (κ1) is 23.8. The van der Waals surface area contributed by atoms with Crippen LogP contribution in [0.3, 0.4) is 0 Å². The molecule has 0 radical (unpaired) electrons. The van der Waals surface area contributed by atoms with Crippen LogP contribution in [-0.2, 0) is 37.1 Å². The monoisotopic (exact) mass is 453 g/mol. The van der Waals surface area contributed by atoms with Gasteiger partial charge in [-0.05, 0) is 33.8 Å². The number of carbonyl (C=O) groups excluding carboxylic acids is 3. The molecule has 2 fully saturated rings. The number of fused-ring (bicyclic) bond motifs is 5. The predicted molar refractivity (Wildman–Crippen MR) is 112 cm³/mol. The number of hydrogen-bond acceptors (Lipinski definition) is 8. The molecule has 0 spiro atoms. The zero-order valence-corrected chi connectivity index (χ0v) is 19.5. The predicted octanol–water partition coefficient (Wildman–Crippen LogP) is 1.46. The Morgan fingerprint density at radius 2 is 1.77 bits per heavy atom. The summed E-state index contributed by atoms with van der Waals surface area (Å²) in [5, 5.41) is 0. The van der Waals surface area contributed by atoms with Crippen molar-refractivity contribution in [2.24, 2.45) is 11.8 Å². The summed E-state index contributed by atoms with van der Waals surface area (Å²) in [6.07, 6.45) is 2.99. The third-order valence-corrected chi connectivity index (χ3v) is 8.78. The molecule has 172 valence electrons. The van der Waals surface area contributed by atoms with Crippen LogP contribution in [0.5, 0.6) is 0 Å². The largest absolute Gasteiger partial charge is 0.502 e. The minimum Gasteiger partial charge on any atom is -0.459 e. The summed E-state index contributed by atoms with van der Waals surface area (Å²) >= 11 is 0. The van der Waals surface area contributed by atoms with E-state index >= 15 is 0 Å². The molecule has 0 saturated carbocycles. The van der Waals surface area contributed by atoms with Crippen molar-refractivity contribution in [3.05, 3.63) is 24.3 Å². The molecule has 4 unspecified atom stereocenters. The van der Waals surface area contributed by atoms with Crippen molar-refractivity contribution in [1.29, 1.82) is 0 Å². The molecule has 4 atom stereocenters. The van der Waals surface area contributed by atoms with Gasteiger partial charge in [-0.3, -0.25) is 14.5 Å². The van der Waals surface area contributed by atoms with Crippen molar-refractivity contribution in [1.82, 2.24) is 4.90 Å². The summed E-state index contributed by atoms with van der Waals surface area (Å²) in [5.41, 5.74) is -0.875. The fourth-order valence-electron chi connectivity index (χ4n) is 4.50. The van der Waals surface area contributed by atoms with Gasteiger partial charge in [-0.2, -0.15) is 0 Å². The number of hydrogen-bond donors (Lipinski definition) is 0. The van der Waals surface area contributed by atoms with E-state index in [1.165, 1.54) is 4.90 Å². The SMILES string of the molecule is C=C(C)C(=O)OCC12C=CC(O1)C1C(=O)N(CC[Si](OCC)(OCC)OCC)C(=O)C12. The molecule has 2 bridgehead atoms. The average Bonchev–Trinajstić information content (AvgIpc) is 3.36. The summed E-state index contributed by atoms with van der Waals surface area (Å²) in [7, 11) is -3.01. The van der Waals surface area contributed by atoms with E-state index in [1.54, 1.807) is 19.1 Å². The van der Waals surface area contributed by atoms with Gasteiger partial charge < -0.3 is 22.8 Å². The average molecular weight is 454 g/mol. The van der Waals surface area contributed by atoms with Crippen LogP contribution in [0, 0.1) is 11.8 Å². The Kier molecular flexibility index (Phi) is 7.17. The first-order chi connectivity index (χ1) is 14.7. The Bertz CT molecular complexity index is 766. The lowest BCUT2D eigenvalue weighted by molar-refractivity contribution is -0.153. The highest BCUT2D eigenvalue weighted by atomic mass is 28.4. The highest BCUT2D eigenvalue weighted by molar-refractivity contribution is 6.60. The van der Waals surface area contributed by atoms with Crippen molar-refractivity contribution < 1.29 is 37.1 Å². The summed E-state index contributed by atoms with van der Waals surface area (Å²) in [6.45, 7) is 11.9. The number of carbonyl (C=O) groups is 3.